The Morgan fingerprint density at radius 2 is 1.85 bits per heavy atom. The quantitative estimate of drug-likeness (QED) is 0.701. The molecule has 0 unspecified atom stereocenters. The number of carbonyl (C=O) groups excluding carboxylic acids is 2. The van der Waals surface area contributed by atoms with Crippen LogP contribution in [0.3, 0.4) is 0 Å². The molecule has 3 aromatic rings. The number of amides is 2. The van der Waals surface area contributed by atoms with Gasteiger partial charge < -0.3 is 10.6 Å². The Bertz CT molecular complexity index is 987. The number of hydrogen-bond donors (Lipinski definition) is 2. The van der Waals surface area contributed by atoms with Gasteiger partial charge in [0.25, 0.3) is 5.91 Å². The highest BCUT2D eigenvalue weighted by Gasteiger charge is 2.14. The summed E-state index contributed by atoms with van der Waals surface area (Å²) >= 11 is 11.7. The highest BCUT2D eigenvalue weighted by Crippen LogP contribution is 2.25. The molecular weight excluding hydrogens is 377 g/mol. The summed E-state index contributed by atoms with van der Waals surface area (Å²) in [5.41, 5.74) is 1.31. The third-order valence-corrected chi connectivity index (χ3v) is 4.07. The third-order valence-electron chi connectivity index (χ3n) is 3.33. The molecule has 0 spiro atoms. The molecule has 9 heteroatoms. The standard InChI is InChI=1S/C17H13Cl2N5O2/c1-10-3-2-4-15(20-10)22-16(25)14-7-8-24(23-14)17(26)21-11-5-6-12(18)13(19)9-11/h2-9H,1H3,(H,21,26)(H,20,22,25). The summed E-state index contributed by atoms with van der Waals surface area (Å²) in [4.78, 5) is 28.6. The maximum absolute atomic E-state index is 12.2. The van der Waals surface area contributed by atoms with E-state index in [0.717, 1.165) is 10.4 Å². The van der Waals surface area contributed by atoms with Crippen LogP contribution in [0.1, 0.15) is 16.2 Å². The lowest BCUT2D eigenvalue weighted by Crippen LogP contribution is -2.21. The average molecular weight is 390 g/mol. The molecular formula is C17H13Cl2N5O2. The van der Waals surface area contributed by atoms with E-state index in [-0.39, 0.29) is 5.69 Å². The molecule has 2 aromatic heterocycles. The monoisotopic (exact) mass is 389 g/mol. The molecule has 7 nitrogen and oxygen atoms in total. The van der Waals surface area contributed by atoms with Crippen molar-refractivity contribution in [2.24, 2.45) is 0 Å². The number of aryl methyl sites for hydroxylation is 1. The Balaban J connectivity index is 1.69. The second-order valence-electron chi connectivity index (χ2n) is 5.32. The van der Waals surface area contributed by atoms with Crippen LogP contribution in [0.15, 0.2) is 48.7 Å². The minimum Gasteiger partial charge on any atom is -0.306 e. The van der Waals surface area contributed by atoms with Crippen molar-refractivity contribution in [2.45, 2.75) is 6.92 Å². The van der Waals surface area contributed by atoms with Crippen molar-refractivity contribution in [1.29, 1.82) is 0 Å². The minimum atomic E-state index is -0.545. The van der Waals surface area contributed by atoms with Gasteiger partial charge in [0.1, 0.15) is 5.82 Å². The molecule has 2 heterocycles. The summed E-state index contributed by atoms with van der Waals surface area (Å²) in [6.07, 6.45) is 1.38. The predicted molar refractivity (Wildman–Crippen MR) is 100 cm³/mol. The molecule has 0 atom stereocenters. The van der Waals surface area contributed by atoms with Gasteiger partial charge in [-0.3, -0.25) is 4.79 Å². The van der Waals surface area contributed by atoms with Crippen LogP contribution in [0, 0.1) is 6.92 Å². The van der Waals surface area contributed by atoms with Crippen molar-refractivity contribution in [2.75, 3.05) is 10.6 Å². The SMILES string of the molecule is Cc1cccc(NC(=O)c2ccn(C(=O)Nc3ccc(Cl)c(Cl)c3)n2)n1. The van der Waals surface area contributed by atoms with Gasteiger partial charge in [0.15, 0.2) is 5.69 Å². The second kappa shape index (κ2) is 7.55. The van der Waals surface area contributed by atoms with E-state index in [1.54, 1.807) is 24.3 Å². The second-order valence-corrected chi connectivity index (χ2v) is 6.14. The first-order valence-corrected chi connectivity index (χ1v) is 8.25. The van der Waals surface area contributed by atoms with E-state index in [1.807, 2.05) is 13.0 Å². The van der Waals surface area contributed by atoms with Crippen molar-refractivity contribution in [3.8, 4) is 0 Å². The zero-order valence-electron chi connectivity index (χ0n) is 13.5. The molecule has 1 aromatic carbocycles. The van der Waals surface area contributed by atoms with Gasteiger partial charge in [0.2, 0.25) is 0 Å². The van der Waals surface area contributed by atoms with E-state index < -0.39 is 11.9 Å². The number of pyridine rings is 1. The molecule has 0 aliphatic heterocycles. The molecule has 0 aliphatic carbocycles. The van der Waals surface area contributed by atoms with Crippen LogP contribution in [0.2, 0.25) is 10.0 Å². The Kier molecular flexibility index (Phi) is 5.20. The highest BCUT2D eigenvalue weighted by atomic mass is 35.5. The molecule has 2 amide bonds. The summed E-state index contributed by atoms with van der Waals surface area (Å²) in [6.45, 7) is 1.82. The number of rotatable bonds is 3. The molecule has 3 rings (SSSR count). The summed E-state index contributed by atoms with van der Waals surface area (Å²) in [6, 6.07) is 10.8. The molecule has 0 fully saturated rings. The lowest BCUT2D eigenvalue weighted by Gasteiger charge is -2.06. The molecule has 2 N–H and O–H groups in total. The molecule has 0 radical (unpaired) electrons. The Labute approximate surface area is 158 Å². The number of anilines is 2. The van der Waals surface area contributed by atoms with Gasteiger partial charge in [-0.05, 0) is 43.3 Å². The largest absolute Gasteiger partial charge is 0.346 e. The maximum atomic E-state index is 12.2. The smallest absolute Gasteiger partial charge is 0.306 e. The van der Waals surface area contributed by atoms with Crippen LogP contribution in [0.4, 0.5) is 16.3 Å². The summed E-state index contributed by atoms with van der Waals surface area (Å²) < 4.78 is 1.01. The lowest BCUT2D eigenvalue weighted by atomic mass is 10.3. The van der Waals surface area contributed by atoms with Gasteiger partial charge in [-0.1, -0.05) is 29.3 Å². The van der Waals surface area contributed by atoms with Crippen molar-refractivity contribution in [3.05, 3.63) is 70.1 Å². The lowest BCUT2D eigenvalue weighted by molar-refractivity contribution is 0.102. The first-order valence-electron chi connectivity index (χ1n) is 7.49. The minimum absolute atomic E-state index is 0.0811. The van der Waals surface area contributed by atoms with Crippen molar-refractivity contribution in [3.63, 3.8) is 0 Å². The van der Waals surface area contributed by atoms with Crippen LogP contribution in [-0.4, -0.2) is 26.7 Å². The molecule has 0 saturated carbocycles. The van der Waals surface area contributed by atoms with Crippen LogP contribution < -0.4 is 10.6 Å². The van der Waals surface area contributed by atoms with Gasteiger partial charge >= 0.3 is 6.03 Å². The van der Waals surface area contributed by atoms with Crippen molar-refractivity contribution < 1.29 is 9.59 Å². The predicted octanol–water partition coefficient (Wildman–Crippen LogP) is 4.23. The zero-order chi connectivity index (χ0) is 18.7. The van der Waals surface area contributed by atoms with E-state index >= 15 is 0 Å². The van der Waals surface area contributed by atoms with Gasteiger partial charge in [-0.2, -0.15) is 9.78 Å². The third kappa shape index (κ3) is 4.19. The normalized spacial score (nSPS) is 10.4. The zero-order valence-corrected chi connectivity index (χ0v) is 15.0. The molecule has 132 valence electrons. The Hall–Kier alpha value is -2.90. The number of carbonyl (C=O) groups is 2. The van der Waals surface area contributed by atoms with Gasteiger partial charge in [-0.25, -0.2) is 9.78 Å². The maximum Gasteiger partial charge on any atom is 0.346 e. The summed E-state index contributed by atoms with van der Waals surface area (Å²) in [5.74, 6) is -0.0611. The van der Waals surface area contributed by atoms with E-state index in [0.29, 0.717) is 21.6 Å². The first-order chi connectivity index (χ1) is 12.4. The van der Waals surface area contributed by atoms with E-state index in [4.69, 9.17) is 23.2 Å². The first kappa shape index (κ1) is 17.9. The van der Waals surface area contributed by atoms with Gasteiger partial charge in [-0.15, -0.1) is 0 Å². The Morgan fingerprint density at radius 1 is 1.04 bits per heavy atom. The fraction of sp³-hybridized carbons (Fsp3) is 0.0588. The molecule has 0 bridgehead atoms. The molecule has 26 heavy (non-hydrogen) atoms. The Morgan fingerprint density at radius 3 is 2.58 bits per heavy atom. The fourth-order valence-corrected chi connectivity index (χ4v) is 2.40. The summed E-state index contributed by atoms with van der Waals surface area (Å²) in [7, 11) is 0. The van der Waals surface area contributed by atoms with E-state index in [1.165, 1.54) is 18.3 Å². The van der Waals surface area contributed by atoms with Crippen LogP contribution in [0.25, 0.3) is 0 Å². The summed E-state index contributed by atoms with van der Waals surface area (Å²) in [5, 5.41) is 9.90. The van der Waals surface area contributed by atoms with Gasteiger partial charge in [0, 0.05) is 17.6 Å². The number of halogens is 2. The fourth-order valence-electron chi connectivity index (χ4n) is 2.11. The van der Waals surface area contributed by atoms with Crippen LogP contribution in [0.5, 0.6) is 0 Å². The van der Waals surface area contributed by atoms with Gasteiger partial charge in [0.05, 0.1) is 10.0 Å². The number of benzene rings is 1. The van der Waals surface area contributed by atoms with Crippen molar-refractivity contribution in [1.82, 2.24) is 14.8 Å². The van der Waals surface area contributed by atoms with E-state index in [2.05, 4.69) is 20.7 Å². The number of hydrogen-bond acceptors (Lipinski definition) is 4. The van der Waals surface area contributed by atoms with Crippen LogP contribution in [-0.2, 0) is 0 Å². The number of nitrogens with zero attached hydrogens (tertiary/aromatic N) is 3. The molecule has 0 aliphatic rings. The number of nitrogens with one attached hydrogen (secondary N) is 2. The number of aromatic nitrogens is 3. The molecule has 0 saturated heterocycles. The highest BCUT2D eigenvalue weighted by molar-refractivity contribution is 6.42. The van der Waals surface area contributed by atoms with Crippen LogP contribution >= 0.6 is 23.2 Å². The van der Waals surface area contributed by atoms with E-state index in [9.17, 15) is 9.59 Å². The topological polar surface area (TPSA) is 88.9 Å². The average Bonchev–Trinajstić information content (AvgIpc) is 3.08. The van der Waals surface area contributed by atoms with Crippen molar-refractivity contribution >= 4 is 46.6 Å².